The average Bonchev–Trinajstić information content (AvgIpc) is 3.01. The summed E-state index contributed by atoms with van der Waals surface area (Å²) in [5.74, 6) is -0.325. The second-order valence-electron chi connectivity index (χ2n) is 5.27. The summed E-state index contributed by atoms with van der Waals surface area (Å²) in [6, 6.07) is 19.9. The van der Waals surface area contributed by atoms with E-state index in [-0.39, 0.29) is 12.6 Å². The molecule has 3 aromatic rings. The lowest BCUT2D eigenvalue weighted by atomic mass is 10.2. The molecule has 1 heterocycles. The Kier molecular flexibility index (Phi) is 5.05. The molecule has 0 amide bonds. The van der Waals surface area contributed by atoms with Gasteiger partial charge in [0.1, 0.15) is 6.61 Å². The van der Waals surface area contributed by atoms with Crippen LogP contribution in [0.15, 0.2) is 60.7 Å². The highest BCUT2D eigenvalue weighted by molar-refractivity contribution is 7.19. The molecule has 4 heteroatoms. The molecule has 0 fully saturated rings. The van der Waals surface area contributed by atoms with Crippen LogP contribution in [0, 0.1) is 0 Å². The fourth-order valence-corrected chi connectivity index (χ4v) is 3.50. The highest BCUT2D eigenvalue weighted by Crippen LogP contribution is 2.26. The number of thiophene rings is 1. The van der Waals surface area contributed by atoms with Crippen LogP contribution in [0.3, 0.4) is 0 Å². The number of hydrogen-bond donors (Lipinski definition) is 0. The smallest absolute Gasteiger partial charge is 0.335 e. The Morgan fingerprint density at radius 1 is 1.09 bits per heavy atom. The third kappa shape index (κ3) is 3.97. The molecular weight excluding hydrogens is 308 g/mol. The van der Waals surface area contributed by atoms with E-state index >= 15 is 0 Å². The van der Waals surface area contributed by atoms with Gasteiger partial charge in [-0.15, -0.1) is 11.3 Å². The quantitative estimate of drug-likeness (QED) is 0.637. The van der Waals surface area contributed by atoms with Crippen molar-refractivity contribution in [1.29, 1.82) is 0 Å². The molecule has 2 aromatic carbocycles. The molecule has 23 heavy (non-hydrogen) atoms. The number of ether oxygens (including phenoxy) is 2. The normalized spacial score (nSPS) is 12.2. The highest BCUT2D eigenvalue weighted by atomic mass is 32.1. The van der Waals surface area contributed by atoms with Crippen LogP contribution in [0.2, 0.25) is 0 Å². The van der Waals surface area contributed by atoms with Crippen molar-refractivity contribution in [3.05, 3.63) is 71.1 Å². The number of carbonyl (C=O) groups is 1. The van der Waals surface area contributed by atoms with E-state index in [1.165, 1.54) is 10.1 Å². The van der Waals surface area contributed by atoms with Gasteiger partial charge in [-0.2, -0.15) is 0 Å². The van der Waals surface area contributed by atoms with Crippen LogP contribution in [0.5, 0.6) is 0 Å². The highest BCUT2D eigenvalue weighted by Gasteiger charge is 2.21. The summed E-state index contributed by atoms with van der Waals surface area (Å²) in [5.41, 5.74) is 0.970. The van der Waals surface area contributed by atoms with E-state index in [1.54, 1.807) is 18.4 Å². The Balaban J connectivity index is 1.63. The van der Waals surface area contributed by atoms with Crippen LogP contribution in [0.4, 0.5) is 0 Å². The van der Waals surface area contributed by atoms with Crippen molar-refractivity contribution in [3.8, 4) is 0 Å². The SMILES string of the molecule is COC(Cc1cc2ccccc2s1)C(=O)OCc1ccccc1. The first-order valence-corrected chi connectivity index (χ1v) is 8.29. The van der Waals surface area contributed by atoms with Crippen molar-refractivity contribution < 1.29 is 14.3 Å². The number of esters is 1. The molecule has 1 atom stereocenters. The molecule has 0 radical (unpaired) electrons. The van der Waals surface area contributed by atoms with Gasteiger partial charge in [-0.05, 0) is 23.1 Å². The second kappa shape index (κ2) is 7.40. The van der Waals surface area contributed by atoms with Crippen molar-refractivity contribution >= 4 is 27.4 Å². The first-order chi connectivity index (χ1) is 11.3. The van der Waals surface area contributed by atoms with Gasteiger partial charge in [0.2, 0.25) is 0 Å². The molecule has 0 saturated heterocycles. The summed E-state index contributed by atoms with van der Waals surface area (Å²) in [4.78, 5) is 13.3. The number of methoxy groups -OCH3 is 1. The van der Waals surface area contributed by atoms with Crippen LogP contribution in [-0.2, 0) is 27.3 Å². The van der Waals surface area contributed by atoms with E-state index in [1.807, 2.05) is 42.5 Å². The zero-order chi connectivity index (χ0) is 16.1. The molecule has 118 valence electrons. The Bertz CT molecular complexity index is 746. The lowest BCUT2D eigenvalue weighted by Gasteiger charge is -2.13. The maximum absolute atomic E-state index is 12.2. The van der Waals surface area contributed by atoms with E-state index in [0.717, 1.165) is 10.4 Å². The van der Waals surface area contributed by atoms with Crippen molar-refractivity contribution in [1.82, 2.24) is 0 Å². The molecular formula is C19H18O3S. The third-order valence-electron chi connectivity index (χ3n) is 3.63. The zero-order valence-corrected chi connectivity index (χ0v) is 13.7. The predicted molar refractivity (Wildman–Crippen MR) is 92.6 cm³/mol. The number of carbonyl (C=O) groups excluding carboxylic acids is 1. The van der Waals surface area contributed by atoms with Crippen LogP contribution >= 0.6 is 11.3 Å². The Morgan fingerprint density at radius 2 is 1.83 bits per heavy atom. The van der Waals surface area contributed by atoms with Crippen molar-refractivity contribution in [2.45, 2.75) is 19.1 Å². The van der Waals surface area contributed by atoms with Crippen LogP contribution in [0.1, 0.15) is 10.4 Å². The summed E-state index contributed by atoms with van der Waals surface area (Å²) in [5, 5.41) is 1.19. The first kappa shape index (κ1) is 15.7. The van der Waals surface area contributed by atoms with Crippen LogP contribution in [0.25, 0.3) is 10.1 Å². The summed E-state index contributed by atoms with van der Waals surface area (Å²) in [6.07, 6.45) is -0.0458. The monoisotopic (exact) mass is 326 g/mol. The topological polar surface area (TPSA) is 35.5 Å². The molecule has 0 aliphatic carbocycles. The van der Waals surface area contributed by atoms with Crippen molar-refractivity contribution in [2.75, 3.05) is 7.11 Å². The molecule has 0 saturated carbocycles. The van der Waals surface area contributed by atoms with Crippen molar-refractivity contribution in [3.63, 3.8) is 0 Å². The Morgan fingerprint density at radius 3 is 2.57 bits per heavy atom. The molecule has 0 bridgehead atoms. The largest absolute Gasteiger partial charge is 0.459 e. The van der Waals surface area contributed by atoms with Crippen LogP contribution < -0.4 is 0 Å². The van der Waals surface area contributed by atoms with Gasteiger partial charge in [0.15, 0.2) is 6.10 Å². The number of hydrogen-bond acceptors (Lipinski definition) is 4. The second-order valence-corrected chi connectivity index (χ2v) is 6.44. The van der Waals surface area contributed by atoms with Gasteiger partial charge in [0, 0.05) is 23.1 Å². The fourth-order valence-electron chi connectivity index (χ4n) is 2.40. The van der Waals surface area contributed by atoms with Gasteiger partial charge in [-0.3, -0.25) is 0 Å². The standard InChI is InChI=1S/C19H18O3S/c1-21-17(19(20)22-13-14-7-3-2-4-8-14)12-16-11-15-9-5-6-10-18(15)23-16/h2-11,17H,12-13H2,1H3. The maximum Gasteiger partial charge on any atom is 0.335 e. The first-order valence-electron chi connectivity index (χ1n) is 7.47. The van der Waals surface area contributed by atoms with E-state index < -0.39 is 6.10 Å². The molecule has 1 unspecified atom stereocenters. The predicted octanol–water partition coefficient (Wildman–Crippen LogP) is 4.20. The van der Waals surface area contributed by atoms with Gasteiger partial charge in [-0.25, -0.2) is 4.79 Å². The molecule has 3 rings (SSSR count). The summed E-state index contributed by atoms with van der Waals surface area (Å²) < 4.78 is 11.9. The lowest BCUT2D eigenvalue weighted by Crippen LogP contribution is -2.27. The fraction of sp³-hybridized carbons (Fsp3) is 0.211. The third-order valence-corrected chi connectivity index (χ3v) is 4.77. The summed E-state index contributed by atoms with van der Waals surface area (Å²) in [6.45, 7) is 0.270. The molecule has 0 spiro atoms. The average molecular weight is 326 g/mol. The number of benzene rings is 2. The molecule has 3 nitrogen and oxygen atoms in total. The minimum atomic E-state index is -0.577. The lowest BCUT2D eigenvalue weighted by molar-refractivity contribution is -0.156. The van der Waals surface area contributed by atoms with Gasteiger partial charge in [0.05, 0.1) is 0 Å². The summed E-state index contributed by atoms with van der Waals surface area (Å²) >= 11 is 1.69. The van der Waals surface area contributed by atoms with Gasteiger partial charge in [0.25, 0.3) is 0 Å². The van der Waals surface area contributed by atoms with Gasteiger partial charge >= 0.3 is 5.97 Å². The number of rotatable bonds is 6. The van der Waals surface area contributed by atoms with E-state index in [2.05, 4.69) is 18.2 Å². The zero-order valence-electron chi connectivity index (χ0n) is 12.9. The van der Waals surface area contributed by atoms with E-state index in [4.69, 9.17) is 9.47 Å². The van der Waals surface area contributed by atoms with Crippen molar-refractivity contribution in [2.24, 2.45) is 0 Å². The van der Waals surface area contributed by atoms with Gasteiger partial charge < -0.3 is 9.47 Å². The molecule has 0 aliphatic rings. The van der Waals surface area contributed by atoms with E-state index in [9.17, 15) is 4.79 Å². The summed E-state index contributed by atoms with van der Waals surface area (Å²) in [7, 11) is 1.54. The molecule has 0 aliphatic heterocycles. The maximum atomic E-state index is 12.2. The Labute approximate surface area is 139 Å². The number of fused-ring (bicyclic) bond motifs is 1. The minimum absolute atomic E-state index is 0.270. The van der Waals surface area contributed by atoms with E-state index in [0.29, 0.717) is 6.42 Å². The van der Waals surface area contributed by atoms with Gasteiger partial charge in [-0.1, -0.05) is 48.5 Å². The van der Waals surface area contributed by atoms with Crippen LogP contribution in [-0.4, -0.2) is 19.2 Å². The molecule has 0 N–H and O–H groups in total. The Hall–Kier alpha value is -2.17. The molecule has 1 aromatic heterocycles. The minimum Gasteiger partial charge on any atom is -0.459 e.